The standard InChI is InChI=1S/C12H18ClNO/c1-3-11(13)6-5-10-7-12(15-4-2)9-14-8-10/h7-9,11H,3-6H2,1-2H3. The third kappa shape index (κ3) is 4.52. The Bertz CT molecular complexity index is 291. The lowest BCUT2D eigenvalue weighted by molar-refractivity contribution is 0.338. The normalized spacial score (nSPS) is 12.5. The van der Waals surface area contributed by atoms with Crippen LogP contribution in [0, 0.1) is 0 Å². The van der Waals surface area contributed by atoms with Crippen LogP contribution in [0.4, 0.5) is 0 Å². The highest BCUT2D eigenvalue weighted by Crippen LogP contribution is 2.15. The van der Waals surface area contributed by atoms with Crippen LogP contribution in [0.15, 0.2) is 18.5 Å². The van der Waals surface area contributed by atoms with Gasteiger partial charge in [0.1, 0.15) is 5.75 Å². The SMILES string of the molecule is CCOc1cncc(CCC(Cl)CC)c1. The van der Waals surface area contributed by atoms with E-state index in [0.717, 1.165) is 25.0 Å². The van der Waals surface area contributed by atoms with Crippen molar-refractivity contribution in [2.75, 3.05) is 6.61 Å². The molecule has 0 aromatic carbocycles. The van der Waals surface area contributed by atoms with Gasteiger partial charge in [-0.2, -0.15) is 0 Å². The van der Waals surface area contributed by atoms with E-state index in [0.29, 0.717) is 6.61 Å². The average Bonchev–Trinajstić information content (AvgIpc) is 2.27. The summed E-state index contributed by atoms with van der Waals surface area (Å²) in [4.78, 5) is 4.14. The lowest BCUT2D eigenvalue weighted by atomic mass is 10.1. The van der Waals surface area contributed by atoms with Gasteiger partial charge >= 0.3 is 0 Å². The van der Waals surface area contributed by atoms with E-state index in [1.807, 2.05) is 19.2 Å². The molecule has 0 radical (unpaired) electrons. The molecular formula is C12H18ClNO. The van der Waals surface area contributed by atoms with E-state index in [-0.39, 0.29) is 5.38 Å². The van der Waals surface area contributed by atoms with E-state index < -0.39 is 0 Å². The van der Waals surface area contributed by atoms with Gasteiger partial charge in [-0.25, -0.2) is 0 Å². The summed E-state index contributed by atoms with van der Waals surface area (Å²) in [6.45, 7) is 4.75. The van der Waals surface area contributed by atoms with Crippen LogP contribution in [0.5, 0.6) is 5.75 Å². The van der Waals surface area contributed by atoms with Crippen molar-refractivity contribution in [2.24, 2.45) is 0 Å². The third-order valence-electron chi connectivity index (χ3n) is 2.27. The van der Waals surface area contributed by atoms with Crippen molar-refractivity contribution in [2.45, 2.75) is 38.5 Å². The van der Waals surface area contributed by atoms with E-state index in [2.05, 4.69) is 11.9 Å². The van der Waals surface area contributed by atoms with Crippen molar-refractivity contribution < 1.29 is 4.74 Å². The van der Waals surface area contributed by atoms with Crippen LogP contribution in [0.1, 0.15) is 32.3 Å². The summed E-state index contributed by atoms with van der Waals surface area (Å²) in [6, 6.07) is 2.04. The van der Waals surface area contributed by atoms with E-state index in [4.69, 9.17) is 16.3 Å². The zero-order valence-corrected chi connectivity index (χ0v) is 10.1. The number of hydrogen-bond acceptors (Lipinski definition) is 2. The fourth-order valence-corrected chi connectivity index (χ4v) is 1.48. The molecule has 84 valence electrons. The first-order valence-corrected chi connectivity index (χ1v) is 5.90. The number of aromatic nitrogens is 1. The predicted octanol–water partition coefficient (Wildman–Crippen LogP) is 3.43. The fourth-order valence-electron chi connectivity index (χ4n) is 1.37. The van der Waals surface area contributed by atoms with Crippen LogP contribution in [-0.4, -0.2) is 17.0 Å². The molecule has 0 saturated carbocycles. The van der Waals surface area contributed by atoms with Gasteiger partial charge in [0.25, 0.3) is 0 Å². The molecule has 1 atom stereocenters. The highest BCUT2D eigenvalue weighted by Gasteiger charge is 2.03. The molecule has 0 aliphatic carbocycles. The van der Waals surface area contributed by atoms with Crippen molar-refractivity contribution in [3.05, 3.63) is 24.0 Å². The van der Waals surface area contributed by atoms with Gasteiger partial charge in [0.2, 0.25) is 0 Å². The van der Waals surface area contributed by atoms with Crippen molar-refractivity contribution in [3.63, 3.8) is 0 Å². The minimum atomic E-state index is 0.265. The van der Waals surface area contributed by atoms with Gasteiger partial charge in [0, 0.05) is 11.6 Å². The summed E-state index contributed by atoms with van der Waals surface area (Å²) in [7, 11) is 0. The van der Waals surface area contributed by atoms with E-state index in [9.17, 15) is 0 Å². The number of ether oxygens (including phenoxy) is 1. The monoisotopic (exact) mass is 227 g/mol. The molecule has 0 aliphatic rings. The number of nitrogens with zero attached hydrogens (tertiary/aromatic N) is 1. The lowest BCUT2D eigenvalue weighted by Gasteiger charge is -2.07. The van der Waals surface area contributed by atoms with Crippen molar-refractivity contribution in [1.82, 2.24) is 4.98 Å². The van der Waals surface area contributed by atoms with Gasteiger partial charge in [0.15, 0.2) is 0 Å². The van der Waals surface area contributed by atoms with E-state index >= 15 is 0 Å². The summed E-state index contributed by atoms with van der Waals surface area (Å²) in [6.07, 6.45) is 6.60. The fraction of sp³-hybridized carbons (Fsp3) is 0.583. The summed E-state index contributed by atoms with van der Waals surface area (Å²) in [5, 5.41) is 0.265. The minimum absolute atomic E-state index is 0.265. The van der Waals surface area contributed by atoms with Crippen LogP contribution >= 0.6 is 11.6 Å². The first-order valence-electron chi connectivity index (χ1n) is 5.47. The van der Waals surface area contributed by atoms with Crippen LogP contribution in [0.25, 0.3) is 0 Å². The van der Waals surface area contributed by atoms with Gasteiger partial charge in [-0.1, -0.05) is 6.92 Å². The first-order chi connectivity index (χ1) is 7.26. The molecule has 2 nitrogen and oxygen atoms in total. The van der Waals surface area contributed by atoms with E-state index in [1.54, 1.807) is 6.20 Å². The second-order valence-electron chi connectivity index (χ2n) is 3.51. The molecule has 0 fully saturated rings. The molecule has 0 amide bonds. The number of pyridine rings is 1. The number of aryl methyl sites for hydroxylation is 1. The summed E-state index contributed by atoms with van der Waals surface area (Å²) in [5.74, 6) is 0.845. The van der Waals surface area contributed by atoms with Gasteiger partial charge < -0.3 is 4.74 Å². The second kappa shape index (κ2) is 6.67. The van der Waals surface area contributed by atoms with E-state index in [1.165, 1.54) is 5.56 Å². The Morgan fingerprint density at radius 3 is 2.87 bits per heavy atom. The first kappa shape index (κ1) is 12.3. The Balaban J connectivity index is 2.50. The maximum atomic E-state index is 6.06. The maximum Gasteiger partial charge on any atom is 0.137 e. The molecular weight excluding hydrogens is 210 g/mol. The number of hydrogen-bond donors (Lipinski definition) is 0. The molecule has 0 spiro atoms. The van der Waals surface area contributed by atoms with Gasteiger partial charge in [-0.3, -0.25) is 4.98 Å². The highest BCUT2D eigenvalue weighted by atomic mass is 35.5. The minimum Gasteiger partial charge on any atom is -0.492 e. The molecule has 1 unspecified atom stereocenters. The third-order valence-corrected chi connectivity index (χ3v) is 2.80. The molecule has 0 aliphatic heterocycles. The molecule has 1 heterocycles. The summed E-state index contributed by atoms with van der Waals surface area (Å²) in [5.41, 5.74) is 1.19. The largest absolute Gasteiger partial charge is 0.492 e. The molecule has 0 N–H and O–H groups in total. The van der Waals surface area contributed by atoms with Crippen molar-refractivity contribution >= 4 is 11.6 Å². The molecule has 0 saturated heterocycles. The highest BCUT2D eigenvalue weighted by molar-refractivity contribution is 6.20. The summed E-state index contributed by atoms with van der Waals surface area (Å²) >= 11 is 6.06. The number of halogens is 1. The quantitative estimate of drug-likeness (QED) is 0.695. The van der Waals surface area contributed by atoms with Crippen LogP contribution in [-0.2, 0) is 6.42 Å². The van der Waals surface area contributed by atoms with Crippen LogP contribution in [0.2, 0.25) is 0 Å². The Hall–Kier alpha value is -0.760. The zero-order chi connectivity index (χ0) is 11.1. The molecule has 1 rings (SSSR count). The Labute approximate surface area is 96.6 Å². The summed E-state index contributed by atoms with van der Waals surface area (Å²) < 4.78 is 5.38. The molecule has 1 aromatic rings. The number of alkyl halides is 1. The Morgan fingerprint density at radius 1 is 1.40 bits per heavy atom. The topological polar surface area (TPSA) is 22.1 Å². The smallest absolute Gasteiger partial charge is 0.137 e. The van der Waals surface area contributed by atoms with Crippen LogP contribution < -0.4 is 4.74 Å². The Morgan fingerprint density at radius 2 is 2.20 bits per heavy atom. The Kier molecular flexibility index (Phi) is 5.48. The molecule has 0 bridgehead atoms. The molecule has 1 aromatic heterocycles. The zero-order valence-electron chi connectivity index (χ0n) is 9.37. The lowest BCUT2D eigenvalue weighted by Crippen LogP contribution is -2.00. The van der Waals surface area contributed by atoms with Gasteiger partial charge in [-0.05, 0) is 37.8 Å². The molecule has 3 heteroatoms. The molecule has 15 heavy (non-hydrogen) atoms. The van der Waals surface area contributed by atoms with Gasteiger partial charge in [-0.15, -0.1) is 11.6 Å². The average molecular weight is 228 g/mol. The number of rotatable bonds is 6. The van der Waals surface area contributed by atoms with Crippen molar-refractivity contribution in [3.8, 4) is 5.75 Å². The van der Waals surface area contributed by atoms with Crippen molar-refractivity contribution in [1.29, 1.82) is 0 Å². The van der Waals surface area contributed by atoms with Crippen LogP contribution in [0.3, 0.4) is 0 Å². The second-order valence-corrected chi connectivity index (χ2v) is 4.12. The van der Waals surface area contributed by atoms with Gasteiger partial charge in [0.05, 0.1) is 12.8 Å². The maximum absolute atomic E-state index is 6.06. The predicted molar refractivity (Wildman–Crippen MR) is 63.7 cm³/mol.